The molecule has 1 aliphatic heterocycles. The summed E-state index contributed by atoms with van der Waals surface area (Å²) >= 11 is 0. The first-order valence-corrected chi connectivity index (χ1v) is 12.0. The van der Waals surface area contributed by atoms with Gasteiger partial charge in [-0.05, 0) is 62.4 Å². The molecule has 1 atom stereocenters. The van der Waals surface area contributed by atoms with Crippen molar-refractivity contribution in [3.05, 3.63) is 70.9 Å². The fraction of sp³-hybridized carbons (Fsp3) is 0.393. The van der Waals surface area contributed by atoms with Gasteiger partial charge in [-0.1, -0.05) is 11.8 Å². The molecule has 1 fully saturated rings. The summed E-state index contributed by atoms with van der Waals surface area (Å²) in [5.74, 6) is 2.01. The Hall–Kier alpha value is -3.19. The van der Waals surface area contributed by atoms with Crippen molar-refractivity contribution in [1.82, 2.24) is 9.88 Å². The van der Waals surface area contributed by atoms with Crippen molar-refractivity contribution in [2.24, 2.45) is 5.41 Å². The first kappa shape index (κ1) is 26.9. The number of methoxy groups -OCH3 is 1. The summed E-state index contributed by atoms with van der Waals surface area (Å²) in [5.41, 5.74) is -0.213. The van der Waals surface area contributed by atoms with Crippen molar-refractivity contribution in [3.8, 4) is 17.6 Å². The molecular weight excluding hydrogens is 488 g/mol. The predicted octanol–water partition coefficient (Wildman–Crippen LogP) is 4.74. The van der Waals surface area contributed by atoms with Crippen molar-refractivity contribution in [2.75, 3.05) is 33.4 Å². The van der Waals surface area contributed by atoms with Gasteiger partial charge < -0.3 is 14.9 Å². The second kappa shape index (κ2) is 11.5. The van der Waals surface area contributed by atoms with Crippen LogP contribution in [0.25, 0.3) is 10.9 Å². The van der Waals surface area contributed by atoms with Crippen LogP contribution in [0.15, 0.2) is 36.5 Å². The highest BCUT2D eigenvalue weighted by Gasteiger charge is 2.34. The summed E-state index contributed by atoms with van der Waals surface area (Å²) in [6.07, 6.45) is 1.96. The number of rotatable bonds is 7. The minimum Gasteiger partial charge on any atom is -0.497 e. The van der Waals surface area contributed by atoms with Gasteiger partial charge >= 0.3 is 0 Å². The first-order valence-electron chi connectivity index (χ1n) is 12.0. The number of likely N-dealkylation sites (tertiary alicyclic amines) is 1. The van der Waals surface area contributed by atoms with Gasteiger partial charge in [0.1, 0.15) is 29.0 Å². The number of aliphatic hydroxyl groups excluding tert-OH is 2. The van der Waals surface area contributed by atoms with E-state index in [1.807, 2.05) is 4.90 Å². The lowest BCUT2D eigenvalue weighted by Gasteiger charge is -2.40. The van der Waals surface area contributed by atoms with E-state index in [0.717, 1.165) is 6.20 Å². The number of aliphatic hydroxyl groups is 2. The van der Waals surface area contributed by atoms with Crippen LogP contribution in [0.3, 0.4) is 0 Å². The maximum absolute atomic E-state index is 14.7. The molecule has 5 nitrogen and oxygen atoms in total. The molecule has 2 aromatic carbocycles. The molecule has 4 rings (SSSR count). The standard InChI is InChI=1S/C28H28F4N2O3/c1-37-19-4-5-25-21(15-19)27(24(32)16-33-25)26(36)6-7-28(17-35)8-11-34(12-9-28)10-2-3-20-22(30)13-18(29)14-23(20)31/h4-5,13-16,26,35-36H,6-12,17H2,1H3/t26-/m1/s1. The molecule has 1 saturated heterocycles. The number of fused-ring (bicyclic) bond motifs is 1. The molecule has 2 heterocycles. The van der Waals surface area contributed by atoms with Gasteiger partial charge in [0.25, 0.3) is 0 Å². The van der Waals surface area contributed by atoms with Crippen molar-refractivity contribution < 1.29 is 32.5 Å². The van der Waals surface area contributed by atoms with Gasteiger partial charge in [0.2, 0.25) is 0 Å². The van der Waals surface area contributed by atoms with E-state index in [2.05, 4.69) is 16.8 Å². The van der Waals surface area contributed by atoms with Crippen LogP contribution >= 0.6 is 0 Å². The lowest BCUT2D eigenvalue weighted by molar-refractivity contribution is 0.0270. The Kier molecular flexibility index (Phi) is 8.32. The van der Waals surface area contributed by atoms with Gasteiger partial charge in [-0.2, -0.15) is 0 Å². The average Bonchev–Trinajstić information content (AvgIpc) is 2.89. The molecule has 0 amide bonds. The minimum atomic E-state index is -1.09. The van der Waals surface area contributed by atoms with E-state index in [1.165, 1.54) is 7.11 Å². The van der Waals surface area contributed by atoms with Gasteiger partial charge in [0, 0.05) is 29.7 Å². The smallest absolute Gasteiger partial charge is 0.147 e. The van der Waals surface area contributed by atoms with E-state index in [1.54, 1.807) is 18.2 Å². The van der Waals surface area contributed by atoms with Crippen molar-refractivity contribution in [2.45, 2.75) is 31.8 Å². The summed E-state index contributed by atoms with van der Waals surface area (Å²) in [7, 11) is 1.51. The van der Waals surface area contributed by atoms with Crippen LogP contribution in [0.4, 0.5) is 17.6 Å². The maximum Gasteiger partial charge on any atom is 0.147 e. The minimum absolute atomic E-state index is 0.0847. The Bertz CT molecular complexity index is 1310. The van der Waals surface area contributed by atoms with E-state index in [0.29, 0.717) is 61.1 Å². The van der Waals surface area contributed by atoms with Gasteiger partial charge in [-0.3, -0.25) is 9.88 Å². The Morgan fingerprint density at radius 1 is 1.08 bits per heavy atom. The van der Waals surface area contributed by atoms with E-state index in [4.69, 9.17) is 4.74 Å². The monoisotopic (exact) mass is 516 g/mol. The largest absolute Gasteiger partial charge is 0.497 e. The zero-order chi connectivity index (χ0) is 26.6. The molecule has 9 heteroatoms. The summed E-state index contributed by atoms with van der Waals surface area (Å²) in [4.78, 5) is 6.09. The quantitative estimate of drug-likeness (QED) is 0.351. The number of hydrogen-bond acceptors (Lipinski definition) is 5. The molecule has 1 aromatic heterocycles. The zero-order valence-electron chi connectivity index (χ0n) is 20.4. The van der Waals surface area contributed by atoms with Crippen molar-refractivity contribution >= 4 is 10.9 Å². The summed E-state index contributed by atoms with van der Waals surface area (Å²) < 4.78 is 60.5. The predicted molar refractivity (Wildman–Crippen MR) is 131 cm³/mol. The molecule has 37 heavy (non-hydrogen) atoms. The van der Waals surface area contributed by atoms with Crippen LogP contribution < -0.4 is 4.74 Å². The van der Waals surface area contributed by atoms with E-state index < -0.39 is 40.4 Å². The summed E-state index contributed by atoms with van der Waals surface area (Å²) in [5, 5.41) is 21.6. The number of pyridine rings is 1. The van der Waals surface area contributed by atoms with E-state index >= 15 is 0 Å². The average molecular weight is 517 g/mol. The maximum atomic E-state index is 14.7. The highest BCUT2D eigenvalue weighted by Crippen LogP contribution is 2.39. The normalized spacial score (nSPS) is 16.3. The summed E-state index contributed by atoms with van der Waals surface area (Å²) in [6, 6.07) is 6.25. The molecule has 0 saturated carbocycles. The molecule has 0 bridgehead atoms. The van der Waals surface area contributed by atoms with Crippen LogP contribution in [0.2, 0.25) is 0 Å². The number of halogens is 4. The van der Waals surface area contributed by atoms with Crippen molar-refractivity contribution in [3.63, 3.8) is 0 Å². The van der Waals surface area contributed by atoms with Crippen LogP contribution in [-0.2, 0) is 0 Å². The Morgan fingerprint density at radius 2 is 1.78 bits per heavy atom. The highest BCUT2D eigenvalue weighted by molar-refractivity contribution is 5.84. The molecule has 3 aromatic rings. The molecule has 0 radical (unpaired) electrons. The van der Waals surface area contributed by atoms with Crippen LogP contribution in [-0.4, -0.2) is 53.4 Å². The van der Waals surface area contributed by atoms with Crippen LogP contribution in [0.5, 0.6) is 5.75 Å². The lowest BCUT2D eigenvalue weighted by Crippen LogP contribution is -2.42. The third kappa shape index (κ3) is 6.04. The topological polar surface area (TPSA) is 65.8 Å². The van der Waals surface area contributed by atoms with E-state index in [9.17, 15) is 27.8 Å². The van der Waals surface area contributed by atoms with E-state index in [-0.39, 0.29) is 25.1 Å². The molecule has 196 valence electrons. The first-order chi connectivity index (χ1) is 17.7. The summed E-state index contributed by atoms with van der Waals surface area (Å²) in [6.45, 7) is 1.35. The third-order valence-electron chi connectivity index (χ3n) is 7.12. The number of aromatic nitrogens is 1. The zero-order valence-corrected chi connectivity index (χ0v) is 20.4. The molecule has 0 aliphatic carbocycles. The number of ether oxygens (including phenoxy) is 1. The highest BCUT2D eigenvalue weighted by atomic mass is 19.1. The molecule has 0 spiro atoms. The molecule has 0 unspecified atom stereocenters. The lowest BCUT2D eigenvalue weighted by atomic mass is 9.74. The Labute approximate surface area is 212 Å². The SMILES string of the molecule is COc1ccc2ncc(F)c([C@H](O)CCC3(CO)CCN(CC#Cc4c(F)cc(F)cc4F)CC3)c2c1. The number of nitrogens with zero attached hydrogens (tertiary/aromatic N) is 2. The number of benzene rings is 2. The van der Waals surface area contributed by atoms with Crippen LogP contribution in [0.1, 0.15) is 42.9 Å². The van der Waals surface area contributed by atoms with Crippen molar-refractivity contribution in [1.29, 1.82) is 0 Å². The van der Waals surface area contributed by atoms with Crippen LogP contribution in [0, 0.1) is 40.5 Å². The second-order valence-corrected chi connectivity index (χ2v) is 9.44. The fourth-order valence-electron chi connectivity index (χ4n) is 4.79. The number of piperidine rings is 1. The second-order valence-electron chi connectivity index (χ2n) is 9.44. The Balaban J connectivity index is 1.38. The number of hydrogen-bond donors (Lipinski definition) is 2. The van der Waals surface area contributed by atoms with Gasteiger partial charge in [-0.25, -0.2) is 17.6 Å². The van der Waals surface area contributed by atoms with Gasteiger partial charge in [0.05, 0.1) is 37.0 Å². The fourth-order valence-corrected chi connectivity index (χ4v) is 4.79. The van der Waals surface area contributed by atoms with Gasteiger partial charge in [0.15, 0.2) is 0 Å². The molecule has 2 N–H and O–H groups in total. The Morgan fingerprint density at radius 3 is 2.43 bits per heavy atom. The molecule has 1 aliphatic rings. The van der Waals surface area contributed by atoms with Gasteiger partial charge in [-0.15, -0.1) is 0 Å². The molecular formula is C28H28F4N2O3. The third-order valence-corrected chi connectivity index (χ3v) is 7.12.